The van der Waals surface area contributed by atoms with E-state index in [1.807, 2.05) is 31.2 Å². The van der Waals surface area contributed by atoms with Crippen LogP contribution in [0.3, 0.4) is 0 Å². The van der Waals surface area contributed by atoms with Crippen LogP contribution in [0.2, 0.25) is 0 Å². The number of sulfonamides is 1. The molecule has 1 aliphatic carbocycles. The molecule has 1 heterocycles. The number of carbonyl (C=O) groups excluding carboxylic acids is 1. The van der Waals surface area contributed by atoms with Crippen LogP contribution in [0.25, 0.3) is 0 Å². The number of amides is 1. The fourth-order valence-corrected chi connectivity index (χ4v) is 5.88. The van der Waals surface area contributed by atoms with Crippen molar-refractivity contribution in [2.75, 3.05) is 12.4 Å². The highest BCUT2D eigenvalue weighted by atomic mass is 32.2. The molecule has 30 heavy (non-hydrogen) atoms. The summed E-state index contributed by atoms with van der Waals surface area (Å²) in [6.07, 6.45) is 5.41. The van der Waals surface area contributed by atoms with Crippen LogP contribution >= 0.6 is 0 Å². The van der Waals surface area contributed by atoms with E-state index in [-0.39, 0.29) is 16.8 Å². The van der Waals surface area contributed by atoms with Crippen molar-refractivity contribution in [3.05, 3.63) is 53.6 Å². The van der Waals surface area contributed by atoms with Crippen molar-refractivity contribution in [3.8, 4) is 5.75 Å². The van der Waals surface area contributed by atoms with E-state index in [2.05, 4.69) is 10.0 Å². The zero-order chi connectivity index (χ0) is 21.4. The number of nitrogens with one attached hydrogen (secondary N) is 2. The van der Waals surface area contributed by atoms with E-state index in [1.165, 1.54) is 0 Å². The molecule has 1 fully saturated rings. The van der Waals surface area contributed by atoms with Crippen LogP contribution in [0.15, 0.2) is 47.4 Å². The quantitative estimate of drug-likeness (QED) is 0.734. The maximum atomic E-state index is 13.0. The Kier molecular flexibility index (Phi) is 5.59. The highest BCUT2D eigenvalue weighted by molar-refractivity contribution is 7.89. The van der Waals surface area contributed by atoms with E-state index in [1.54, 1.807) is 25.3 Å². The lowest BCUT2D eigenvalue weighted by Crippen LogP contribution is -2.36. The Bertz CT molecular complexity index is 1060. The predicted molar refractivity (Wildman–Crippen MR) is 116 cm³/mol. The van der Waals surface area contributed by atoms with Crippen LogP contribution in [0.4, 0.5) is 5.69 Å². The third-order valence-corrected chi connectivity index (χ3v) is 7.83. The average Bonchev–Trinajstić information content (AvgIpc) is 2.98. The van der Waals surface area contributed by atoms with Gasteiger partial charge < -0.3 is 10.1 Å². The van der Waals surface area contributed by atoms with Gasteiger partial charge in [0.1, 0.15) is 5.75 Å². The lowest BCUT2D eigenvalue weighted by atomic mass is 9.78. The first-order chi connectivity index (χ1) is 14.3. The Morgan fingerprint density at radius 1 is 1.13 bits per heavy atom. The Morgan fingerprint density at radius 2 is 1.87 bits per heavy atom. The molecule has 1 amide bonds. The molecule has 0 radical (unpaired) electrons. The highest BCUT2D eigenvalue weighted by Gasteiger charge is 2.43. The number of hydrogen-bond acceptors (Lipinski definition) is 4. The molecule has 160 valence electrons. The first kappa shape index (κ1) is 20.9. The summed E-state index contributed by atoms with van der Waals surface area (Å²) in [5, 5.41) is 2.91. The number of ether oxygens (including phenoxy) is 1. The van der Waals surface area contributed by atoms with E-state index in [4.69, 9.17) is 4.74 Å². The average molecular weight is 429 g/mol. The normalized spacial score (nSPS) is 21.9. The van der Waals surface area contributed by atoms with Gasteiger partial charge in [0.15, 0.2) is 0 Å². The molecule has 1 saturated carbocycles. The van der Waals surface area contributed by atoms with Crippen molar-refractivity contribution >= 4 is 21.6 Å². The zero-order valence-corrected chi connectivity index (χ0v) is 18.2. The summed E-state index contributed by atoms with van der Waals surface area (Å²) < 4.78 is 34.3. The van der Waals surface area contributed by atoms with Gasteiger partial charge in [0.05, 0.1) is 17.4 Å². The van der Waals surface area contributed by atoms with E-state index in [9.17, 15) is 13.2 Å². The molecular weight excluding hydrogens is 400 g/mol. The number of fused-ring (bicyclic) bond motifs is 1. The maximum absolute atomic E-state index is 13.0. The predicted octanol–water partition coefficient (Wildman–Crippen LogP) is 3.76. The summed E-state index contributed by atoms with van der Waals surface area (Å²) >= 11 is 0. The molecule has 2 aliphatic rings. The van der Waals surface area contributed by atoms with Crippen LogP contribution in [-0.4, -0.2) is 27.5 Å². The van der Waals surface area contributed by atoms with Crippen molar-refractivity contribution in [3.63, 3.8) is 0 Å². The largest absolute Gasteiger partial charge is 0.496 e. The Morgan fingerprint density at radius 3 is 2.60 bits per heavy atom. The molecule has 2 aromatic carbocycles. The van der Waals surface area contributed by atoms with Gasteiger partial charge >= 0.3 is 0 Å². The summed E-state index contributed by atoms with van der Waals surface area (Å²) in [6.45, 7) is 1.85. The molecule has 2 aromatic rings. The summed E-state index contributed by atoms with van der Waals surface area (Å²) in [7, 11) is -2.05. The molecule has 1 unspecified atom stereocenters. The lowest BCUT2D eigenvalue weighted by Gasteiger charge is -2.25. The van der Waals surface area contributed by atoms with Gasteiger partial charge in [-0.1, -0.05) is 37.5 Å². The van der Waals surface area contributed by atoms with E-state index in [0.717, 1.165) is 37.7 Å². The van der Waals surface area contributed by atoms with Gasteiger partial charge in [-0.05, 0) is 61.6 Å². The van der Waals surface area contributed by atoms with Crippen molar-refractivity contribution in [1.82, 2.24) is 4.72 Å². The fraction of sp³-hybridized carbons (Fsp3) is 0.435. The smallest absolute Gasteiger partial charge is 0.240 e. The van der Waals surface area contributed by atoms with Crippen LogP contribution in [-0.2, 0) is 26.7 Å². The van der Waals surface area contributed by atoms with Crippen LogP contribution in [0.5, 0.6) is 5.75 Å². The van der Waals surface area contributed by atoms with Crippen molar-refractivity contribution in [1.29, 1.82) is 0 Å². The number of anilines is 1. The Labute approximate surface area is 178 Å². The first-order valence-corrected chi connectivity index (χ1v) is 11.9. The molecule has 6 nitrogen and oxygen atoms in total. The fourth-order valence-electron chi connectivity index (χ4n) is 4.55. The molecule has 0 aromatic heterocycles. The number of hydrogen-bond donors (Lipinski definition) is 2. The van der Waals surface area contributed by atoms with Gasteiger partial charge in [-0.15, -0.1) is 0 Å². The van der Waals surface area contributed by atoms with Crippen molar-refractivity contribution in [2.45, 2.75) is 61.8 Å². The zero-order valence-electron chi connectivity index (χ0n) is 17.4. The van der Waals surface area contributed by atoms with Gasteiger partial charge in [0.2, 0.25) is 15.9 Å². The molecule has 0 bridgehead atoms. The Hall–Kier alpha value is -2.38. The molecule has 1 atom stereocenters. The van der Waals surface area contributed by atoms with Crippen LogP contribution in [0.1, 0.15) is 50.2 Å². The molecule has 4 rings (SSSR count). The van der Waals surface area contributed by atoms with Gasteiger partial charge in [-0.25, -0.2) is 13.1 Å². The first-order valence-electron chi connectivity index (χ1n) is 10.4. The molecular formula is C23H28N2O4S. The molecule has 2 N–H and O–H groups in total. The second-order valence-electron chi connectivity index (χ2n) is 8.44. The summed E-state index contributed by atoms with van der Waals surface area (Å²) in [5.74, 6) is 0.570. The standard InChI is InChI=1S/C23H28N2O4S/c1-23(15-16-8-6-7-11-21(16)29-2)19-14-18(12-13-20(19)24-22(23)26)30(27,28)25-17-9-4-3-5-10-17/h6-8,11-14,17,25H,3-5,9-10,15H2,1-2H3,(H,24,26). The van der Waals surface area contributed by atoms with Gasteiger partial charge in [0.25, 0.3) is 0 Å². The molecule has 0 spiro atoms. The second-order valence-corrected chi connectivity index (χ2v) is 10.2. The van der Waals surface area contributed by atoms with E-state index < -0.39 is 15.4 Å². The van der Waals surface area contributed by atoms with Crippen molar-refractivity contribution in [2.24, 2.45) is 0 Å². The molecule has 7 heteroatoms. The van der Waals surface area contributed by atoms with Crippen LogP contribution < -0.4 is 14.8 Å². The molecule has 0 saturated heterocycles. The summed E-state index contributed by atoms with van der Waals surface area (Å²) in [6, 6.07) is 12.5. The highest BCUT2D eigenvalue weighted by Crippen LogP contribution is 2.42. The lowest BCUT2D eigenvalue weighted by molar-refractivity contribution is -0.120. The SMILES string of the molecule is COc1ccccc1CC1(C)C(=O)Nc2ccc(S(=O)(=O)NC3CCCCC3)cc21. The number of para-hydroxylation sites is 1. The summed E-state index contributed by atoms with van der Waals surface area (Å²) in [4.78, 5) is 13.1. The van der Waals surface area contributed by atoms with Gasteiger partial charge in [-0.3, -0.25) is 4.79 Å². The summed E-state index contributed by atoms with van der Waals surface area (Å²) in [5.41, 5.74) is 1.37. The minimum Gasteiger partial charge on any atom is -0.496 e. The van der Waals surface area contributed by atoms with E-state index >= 15 is 0 Å². The topological polar surface area (TPSA) is 84.5 Å². The maximum Gasteiger partial charge on any atom is 0.240 e. The minimum absolute atomic E-state index is 0.0169. The van der Waals surface area contributed by atoms with Crippen molar-refractivity contribution < 1.29 is 17.9 Å². The number of benzene rings is 2. The third kappa shape index (κ3) is 3.84. The monoisotopic (exact) mass is 428 g/mol. The Balaban J connectivity index is 1.67. The number of methoxy groups -OCH3 is 1. The third-order valence-electron chi connectivity index (χ3n) is 6.31. The van der Waals surface area contributed by atoms with E-state index in [0.29, 0.717) is 23.4 Å². The molecule has 1 aliphatic heterocycles. The van der Waals surface area contributed by atoms with Gasteiger partial charge in [-0.2, -0.15) is 0 Å². The number of rotatable bonds is 6. The second kappa shape index (κ2) is 8.04. The van der Waals surface area contributed by atoms with Gasteiger partial charge in [0, 0.05) is 11.7 Å². The van der Waals surface area contributed by atoms with Crippen LogP contribution in [0, 0.1) is 0 Å². The number of carbonyl (C=O) groups is 1. The minimum atomic E-state index is -3.65.